The van der Waals surface area contributed by atoms with Gasteiger partial charge in [-0.1, -0.05) is 364 Å². The molecule has 0 fully saturated rings. The maximum Gasteiger partial charge on any atom is 0.160 e. The quantitative estimate of drug-likeness (QED) is 0.108. The Balaban J connectivity index is 0.000000115. The second-order valence-corrected chi connectivity index (χ2v) is 30.7. The van der Waals surface area contributed by atoms with Gasteiger partial charge in [-0.15, -0.1) is 0 Å². The Morgan fingerprint density at radius 2 is 0.325 bits per heavy atom. The fourth-order valence-electron chi connectivity index (χ4n) is 17.0. The molecular formula is C115H78N8. The van der Waals surface area contributed by atoms with E-state index in [1.165, 1.54) is 93.2 Å². The maximum absolute atomic E-state index is 5.05. The van der Waals surface area contributed by atoms with Crippen molar-refractivity contribution in [3.63, 3.8) is 0 Å². The average molecular weight is 1570 g/mol. The SMILES string of the molecule is c1ccc(-c2cc(-c3ccc(-n4c5ccccc5c5ccccc54)cc3)cc(-c3ccccc3)n2)cc1.c1ccc(-c2cc(-c3ccc(-n4c5ccccc5c5ccccc54)cc3)nc(-c3ccccc3)n2)cc1.c1ccc(-c2ccc3c(c2)c2cc(-c4ccccc4)ccc2n3-c2ccc(-c3cc(-c4ccccc4)nc(-c4ccccc4)n3)cc2)cc1. The van der Waals surface area contributed by atoms with Gasteiger partial charge in [0.1, 0.15) is 0 Å². The molecule has 0 radical (unpaired) electrons. The van der Waals surface area contributed by atoms with Gasteiger partial charge in [-0.05, 0) is 143 Å². The number of aromatic nitrogens is 8. The molecule has 6 heterocycles. The first-order valence-corrected chi connectivity index (χ1v) is 41.6. The van der Waals surface area contributed by atoms with Gasteiger partial charge >= 0.3 is 0 Å². The molecule has 0 N–H and O–H groups in total. The van der Waals surface area contributed by atoms with E-state index in [4.69, 9.17) is 24.9 Å². The lowest BCUT2D eigenvalue weighted by atomic mass is 10.00. The van der Waals surface area contributed by atoms with Gasteiger partial charge in [-0.25, -0.2) is 24.9 Å². The molecule has 0 amide bonds. The Bertz CT molecular complexity index is 7060. The second-order valence-electron chi connectivity index (χ2n) is 30.7. The van der Waals surface area contributed by atoms with Crippen LogP contribution in [0.5, 0.6) is 0 Å². The normalized spacial score (nSPS) is 11.3. The van der Waals surface area contributed by atoms with Crippen molar-refractivity contribution in [1.29, 1.82) is 0 Å². The predicted octanol–water partition coefficient (Wildman–Crippen LogP) is 29.7. The number of rotatable bonds is 14. The summed E-state index contributed by atoms with van der Waals surface area (Å²) in [6, 6.07) is 166. The first kappa shape index (κ1) is 74.0. The van der Waals surface area contributed by atoms with E-state index in [1.807, 2.05) is 84.9 Å². The third kappa shape index (κ3) is 14.9. The van der Waals surface area contributed by atoms with Crippen LogP contribution in [0.3, 0.4) is 0 Å². The summed E-state index contributed by atoms with van der Waals surface area (Å²) < 4.78 is 7.06. The lowest BCUT2D eigenvalue weighted by Gasteiger charge is -2.12. The van der Waals surface area contributed by atoms with E-state index in [2.05, 4.69) is 402 Å². The van der Waals surface area contributed by atoms with E-state index in [1.54, 1.807) is 0 Å². The van der Waals surface area contributed by atoms with Gasteiger partial charge in [-0.3, -0.25) is 0 Å². The standard InChI is InChI=1S/C46H31N3.C35H24N2.C34H23N3/c1-5-13-32(14-6-1)37-23-27-44-40(29-37)41-30-38(33-15-7-2-8-16-33)24-28-45(41)49(44)39-25-21-35(22-26-39)43-31-42(34-17-9-3-10-18-34)47-46(48-43)36-19-11-4-12-20-36;1-3-11-26(12-4-1)32-23-28(24-33(36-32)27-13-5-2-6-14-27)25-19-21-29(22-20-25)37-34-17-9-7-15-30(34)31-16-8-10-18-35(31)37;1-3-11-24(12-4-1)30-23-31(36-34(35-30)26-13-5-2-6-14-26)25-19-21-27(22-20-25)37-32-17-9-7-15-28(32)29-16-8-10-18-33(29)37/h1-31H;1-24H;1-23H. The smallest absolute Gasteiger partial charge is 0.160 e. The van der Waals surface area contributed by atoms with Gasteiger partial charge in [-0.2, -0.15) is 0 Å². The average Bonchev–Trinajstić information content (AvgIpc) is 1.68. The summed E-state index contributed by atoms with van der Waals surface area (Å²) in [6.07, 6.45) is 0. The topological polar surface area (TPSA) is 79.2 Å². The summed E-state index contributed by atoms with van der Waals surface area (Å²) in [5, 5.41) is 7.53. The summed E-state index contributed by atoms with van der Waals surface area (Å²) >= 11 is 0. The number of para-hydroxylation sites is 4. The molecule has 23 rings (SSSR count). The number of pyridine rings is 1. The number of fused-ring (bicyclic) bond motifs is 9. The van der Waals surface area contributed by atoms with Crippen LogP contribution in [0.4, 0.5) is 0 Å². The Morgan fingerprint density at radius 3 is 0.610 bits per heavy atom. The minimum absolute atomic E-state index is 0.715. The zero-order valence-electron chi connectivity index (χ0n) is 67.1. The lowest BCUT2D eigenvalue weighted by Crippen LogP contribution is -1.97. The number of hydrogen-bond donors (Lipinski definition) is 0. The van der Waals surface area contributed by atoms with Crippen molar-refractivity contribution in [2.24, 2.45) is 0 Å². The van der Waals surface area contributed by atoms with Crippen molar-refractivity contribution in [2.75, 3.05) is 0 Å². The molecule has 0 aliphatic heterocycles. The molecule has 8 nitrogen and oxygen atoms in total. The van der Waals surface area contributed by atoms with E-state index < -0.39 is 0 Å². The zero-order chi connectivity index (χ0) is 81.8. The molecule has 0 aliphatic carbocycles. The van der Waals surface area contributed by atoms with Crippen LogP contribution in [-0.2, 0) is 0 Å². The highest BCUT2D eigenvalue weighted by atomic mass is 15.0. The molecule has 0 unspecified atom stereocenters. The molecule has 8 heteroatoms. The van der Waals surface area contributed by atoms with E-state index in [-0.39, 0.29) is 0 Å². The fourth-order valence-corrected chi connectivity index (χ4v) is 17.0. The van der Waals surface area contributed by atoms with Crippen molar-refractivity contribution < 1.29 is 0 Å². The Hall–Kier alpha value is -16.6. The molecule has 0 saturated carbocycles. The van der Waals surface area contributed by atoms with Crippen molar-refractivity contribution >= 4 is 65.4 Å². The molecule has 0 aliphatic rings. The molecule has 0 atom stereocenters. The summed E-state index contributed by atoms with van der Waals surface area (Å²) in [4.78, 5) is 24.9. The highest BCUT2D eigenvalue weighted by Gasteiger charge is 2.20. The summed E-state index contributed by atoms with van der Waals surface area (Å²) in [5.41, 5.74) is 31.8. The van der Waals surface area contributed by atoms with E-state index in [0.717, 1.165) is 107 Å². The zero-order valence-corrected chi connectivity index (χ0v) is 67.1. The number of benzene rings is 17. The highest BCUT2D eigenvalue weighted by Crippen LogP contribution is 2.41. The summed E-state index contributed by atoms with van der Waals surface area (Å²) in [5.74, 6) is 1.44. The molecular weight excluding hydrogens is 1490 g/mol. The molecule has 0 bridgehead atoms. The van der Waals surface area contributed by atoms with Gasteiger partial charge in [0.25, 0.3) is 0 Å². The number of hydrogen-bond acceptors (Lipinski definition) is 5. The lowest BCUT2D eigenvalue weighted by molar-refractivity contribution is 1.17. The molecule has 17 aromatic carbocycles. The second kappa shape index (κ2) is 33.1. The van der Waals surface area contributed by atoms with Crippen LogP contribution in [0.2, 0.25) is 0 Å². The van der Waals surface area contributed by atoms with Crippen LogP contribution in [0.15, 0.2) is 473 Å². The number of nitrogens with zero attached hydrogens (tertiary/aromatic N) is 8. The summed E-state index contributed by atoms with van der Waals surface area (Å²) in [7, 11) is 0. The van der Waals surface area contributed by atoms with Crippen molar-refractivity contribution in [1.82, 2.24) is 38.6 Å². The molecule has 123 heavy (non-hydrogen) atoms. The Labute approximate surface area is 713 Å². The van der Waals surface area contributed by atoms with Crippen LogP contribution in [0, 0.1) is 0 Å². The molecule has 578 valence electrons. The monoisotopic (exact) mass is 1570 g/mol. The van der Waals surface area contributed by atoms with Crippen molar-refractivity contribution in [3.05, 3.63) is 473 Å². The molecule has 0 saturated heterocycles. The minimum atomic E-state index is 0.715. The van der Waals surface area contributed by atoms with E-state index in [9.17, 15) is 0 Å². The van der Waals surface area contributed by atoms with Crippen molar-refractivity contribution in [2.45, 2.75) is 0 Å². The van der Waals surface area contributed by atoms with Crippen LogP contribution >= 0.6 is 0 Å². The van der Waals surface area contributed by atoms with Crippen LogP contribution in [0.1, 0.15) is 0 Å². The third-order valence-corrected chi connectivity index (χ3v) is 23.1. The van der Waals surface area contributed by atoms with Crippen LogP contribution in [-0.4, -0.2) is 38.6 Å². The first-order chi connectivity index (χ1) is 61.0. The summed E-state index contributed by atoms with van der Waals surface area (Å²) in [6.45, 7) is 0. The minimum Gasteiger partial charge on any atom is -0.309 e. The van der Waals surface area contributed by atoms with Gasteiger partial charge in [0.2, 0.25) is 0 Å². The molecule has 6 aromatic heterocycles. The van der Waals surface area contributed by atoms with Gasteiger partial charge < -0.3 is 13.7 Å². The van der Waals surface area contributed by atoms with Gasteiger partial charge in [0, 0.05) is 93.9 Å². The Morgan fingerprint density at radius 1 is 0.122 bits per heavy atom. The van der Waals surface area contributed by atoms with Crippen molar-refractivity contribution in [3.8, 4) is 141 Å². The molecule has 0 spiro atoms. The predicted molar refractivity (Wildman–Crippen MR) is 511 cm³/mol. The van der Waals surface area contributed by atoms with E-state index >= 15 is 0 Å². The first-order valence-electron chi connectivity index (χ1n) is 41.6. The van der Waals surface area contributed by atoms with E-state index in [0.29, 0.717) is 5.82 Å². The largest absolute Gasteiger partial charge is 0.309 e. The van der Waals surface area contributed by atoms with Gasteiger partial charge in [0.05, 0.1) is 67.3 Å². The highest BCUT2D eigenvalue weighted by molar-refractivity contribution is 6.13. The molecule has 23 aromatic rings. The van der Waals surface area contributed by atoms with Crippen LogP contribution < -0.4 is 0 Å². The Kier molecular flexibility index (Phi) is 19.9. The van der Waals surface area contributed by atoms with Gasteiger partial charge in [0.15, 0.2) is 11.6 Å². The maximum atomic E-state index is 5.05. The fraction of sp³-hybridized carbons (Fsp3) is 0. The van der Waals surface area contributed by atoms with Crippen LogP contribution in [0.25, 0.3) is 206 Å². The third-order valence-electron chi connectivity index (χ3n) is 23.1.